The fourth-order valence-corrected chi connectivity index (χ4v) is 3.65. The summed E-state index contributed by atoms with van der Waals surface area (Å²) in [6.07, 6.45) is 0. The van der Waals surface area contributed by atoms with E-state index in [-0.39, 0.29) is 0 Å². The first-order valence-electron chi connectivity index (χ1n) is 9.44. The van der Waals surface area contributed by atoms with Crippen molar-refractivity contribution >= 4 is 34.9 Å². The van der Waals surface area contributed by atoms with Crippen molar-refractivity contribution in [2.24, 2.45) is 0 Å². The molecule has 0 spiro atoms. The minimum atomic E-state index is -0.469. The summed E-state index contributed by atoms with van der Waals surface area (Å²) in [4.78, 5) is 12.4. The Balaban J connectivity index is 1.92. The quantitative estimate of drug-likeness (QED) is 0.485. The molecule has 0 amide bonds. The summed E-state index contributed by atoms with van der Waals surface area (Å²) in [6, 6.07) is 12.6. The van der Waals surface area contributed by atoms with Crippen LogP contribution in [0.15, 0.2) is 53.7 Å². The highest BCUT2D eigenvalue weighted by Gasteiger charge is 2.31. The van der Waals surface area contributed by atoms with Crippen LogP contribution in [0.25, 0.3) is 0 Å². The van der Waals surface area contributed by atoms with E-state index >= 15 is 0 Å². The molecule has 2 N–H and O–H groups in total. The third kappa shape index (κ3) is 4.86. The molecule has 0 saturated carbocycles. The Labute approximate surface area is 186 Å². The van der Waals surface area contributed by atoms with Gasteiger partial charge in [0, 0.05) is 16.3 Å². The van der Waals surface area contributed by atoms with Crippen LogP contribution in [0.1, 0.15) is 31.0 Å². The monoisotopic (exact) mass is 446 g/mol. The number of ether oxygens (including phenoxy) is 3. The van der Waals surface area contributed by atoms with E-state index in [2.05, 4.69) is 10.6 Å². The zero-order chi connectivity index (χ0) is 21.7. The molecule has 1 heterocycles. The maximum atomic E-state index is 12.4. The molecule has 1 atom stereocenters. The Bertz CT molecular complexity index is 993. The van der Waals surface area contributed by atoms with Gasteiger partial charge in [0.25, 0.3) is 0 Å². The van der Waals surface area contributed by atoms with Gasteiger partial charge in [-0.2, -0.15) is 0 Å². The number of benzene rings is 2. The van der Waals surface area contributed by atoms with E-state index in [1.807, 2.05) is 49.4 Å². The molecular weight excluding hydrogens is 424 g/mol. The second-order valence-corrected chi connectivity index (χ2v) is 7.40. The lowest BCUT2D eigenvalue weighted by atomic mass is 9.95. The van der Waals surface area contributed by atoms with E-state index < -0.39 is 12.0 Å². The number of thiocarbonyl (C=S) groups is 1. The summed E-state index contributed by atoms with van der Waals surface area (Å²) < 4.78 is 16.7. The molecule has 2 aromatic rings. The SMILES string of the molecule is CCOc1cc(C2NC(=S)NC(C)=C2C(=O)OC)ccc1OCc1ccccc1Cl. The molecule has 3 rings (SSSR count). The first-order valence-corrected chi connectivity index (χ1v) is 10.2. The summed E-state index contributed by atoms with van der Waals surface area (Å²) in [5.74, 6) is 0.713. The minimum absolute atomic E-state index is 0.307. The van der Waals surface area contributed by atoms with Gasteiger partial charge in [-0.1, -0.05) is 35.9 Å². The molecule has 0 saturated heterocycles. The number of allylic oxidation sites excluding steroid dienone is 1. The third-order valence-electron chi connectivity index (χ3n) is 4.62. The van der Waals surface area contributed by atoms with E-state index in [0.717, 1.165) is 11.1 Å². The Kier molecular flexibility index (Phi) is 7.18. The fraction of sp³-hybridized carbons (Fsp3) is 0.273. The lowest BCUT2D eigenvalue weighted by Gasteiger charge is -2.30. The van der Waals surface area contributed by atoms with Gasteiger partial charge in [0.2, 0.25) is 0 Å². The maximum Gasteiger partial charge on any atom is 0.337 e. The lowest BCUT2D eigenvalue weighted by Crippen LogP contribution is -2.45. The van der Waals surface area contributed by atoms with Crippen LogP contribution in [0.3, 0.4) is 0 Å². The van der Waals surface area contributed by atoms with E-state index in [1.165, 1.54) is 7.11 Å². The Morgan fingerprint density at radius 3 is 2.63 bits per heavy atom. The molecule has 0 radical (unpaired) electrons. The summed E-state index contributed by atoms with van der Waals surface area (Å²) in [5.41, 5.74) is 2.78. The number of hydrogen-bond acceptors (Lipinski definition) is 5. The summed E-state index contributed by atoms with van der Waals surface area (Å²) in [6.45, 7) is 4.45. The first kappa shape index (κ1) is 21.9. The minimum Gasteiger partial charge on any atom is -0.490 e. The van der Waals surface area contributed by atoms with Crippen LogP contribution in [-0.2, 0) is 16.1 Å². The molecule has 0 fully saturated rings. The number of halogens is 1. The smallest absolute Gasteiger partial charge is 0.337 e. The van der Waals surface area contributed by atoms with Gasteiger partial charge in [0.15, 0.2) is 16.6 Å². The number of methoxy groups -OCH3 is 1. The van der Waals surface area contributed by atoms with Crippen molar-refractivity contribution in [2.45, 2.75) is 26.5 Å². The molecule has 2 aromatic carbocycles. The molecule has 1 aliphatic rings. The van der Waals surface area contributed by atoms with Crippen molar-refractivity contribution in [3.05, 3.63) is 69.9 Å². The third-order valence-corrected chi connectivity index (χ3v) is 5.21. The van der Waals surface area contributed by atoms with E-state index in [0.29, 0.717) is 46.1 Å². The zero-order valence-electron chi connectivity index (χ0n) is 17.0. The summed E-state index contributed by atoms with van der Waals surface area (Å²) in [7, 11) is 1.35. The van der Waals surface area contributed by atoms with Gasteiger partial charge in [-0.15, -0.1) is 0 Å². The molecule has 8 heteroatoms. The Hall–Kier alpha value is -2.77. The molecule has 158 valence electrons. The van der Waals surface area contributed by atoms with Crippen molar-refractivity contribution in [3.8, 4) is 11.5 Å². The number of carbonyl (C=O) groups excluding carboxylic acids is 1. The highest BCUT2D eigenvalue weighted by Crippen LogP contribution is 2.35. The number of esters is 1. The lowest BCUT2D eigenvalue weighted by molar-refractivity contribution is -0.136. The largest absolute Gasteiger partial charge is 0.490 e. The van der Waals surface area contributed by atoms with Crippen LogP contribution in [0.5, 0.6) is 11.5 Å². The van der Waals surface area contributed by atoms with Crippen LogP contribution < -0.4 is 20.1 Å². The van der Waals surface area contributed by atoms with Crippen LogP contribution >= 0.6 is 23.8 Å². The van der Waals surface area contributed by atoms with E-state index in [9.17, 15) is 4.79 Å². The Morgan fingerprint density at radius 1 is 1.17 bits per heavy atom. The topological polar surface area (TPSA) is 68.8 Å². The van der Waals surface area contributed by atoms with E-state index in [4.69, 9.17) is 38.0 Å². The van der Waals surface area contributed by atoms with Crippen LogP contribution in [0.2, 0.25) is 5.02 Å². The second kappa shape index (κ2) is 9.82. The van der Waals surface area contributed by atoms with Crippen molar-refractivity contribution in [2.75, 3.05) is 13.7 Å². The fourth-order valence-electron chi connectivity index (χ4n) is 3.19. The second-order valence-electron chi connectivity index (χ2n) is 6.58. The van der Waals surface area contributed by atoms with Crippen LogP contribution in [0.4, 0.5) is 0 Å². The molecule has 6 nitrogen and oxygen atoms in total. The average molecular weight is 447 g/mol. The average Bonchev–Trinajstić information content (AvgIpc) is 2.73. The predicted octanol–water partition coefficient (Wildman–Crippen LogP) is 4.28. The van der Waals surface area contributed by atoms with Gasteiger partial charge in [-0.25, -0.2) is 4.79 Å². The highest BCUT2D eigenvalue weighted by molar-refractivity contribution is 7.80. The van der Waals surface area contributed by atoms with Crippen molar-refractivity contribution in [1.82, 2.24) is 10.6 Å². The van der Waals surface area contributed by atoms with Gasteiger partial charge < -0.3 is 24.8 Å². The number of carbonyl (C=O) groups is 1. The molecule has 1 unspecified atom stereocenters. The Morgan fingerprint density at radius 2 is 1.93 bits per heavy atom. The number of rotatable bonds is 7. The molecule has 1 aliphatic heterocycles. The van der Waals surface area contributed by atoms with Gasteiger partial charge >= 0.3 is 5.97 Å². The maximum absolute atomic E-state index is 12.4. The van der Waals surface area contributed by atoms with Gasteiger partial charge in [-0.05, 0) is 49.8 Å². The summed E-state index contributed by atoms with van der Waals surface area (Å²) >= 11 is 11.5. The number of nitrogens with one attached hydrogen (secondary N) is 2. The highest BCUT2D eigenvalue weighted by atomic mass is 35.5. The van der Waals surface area contributed by atoms with Crippen LogP contribution in [0, 0.1) is 0 Å². The summed E-state index contributed by atoms with van der Waals surface area (Å²) in [5, 5.41) is 7.17. The predicted molar refractivity (Wildman–Crippen MR) is 120 cm³/mol. The normalized spacial score (nSPS) is 15.9. The van der Waals surface area contributed by atoms with Gasteiger partial charge in [0.05, 0.1) is 25.3 Å². The van der Waals surface area contributed by atoms with Crippen molar-refractivity contribution < 1.29 is 19.0 Å². The molecule has 0 bridgehead atoms. The molecule has 0 aliphatic carbocycles. The molecule has 0 aromatic heterocycles. The number of hydrogen-bond donors (Lipinski definition) is 2. The molecular formula is C22H23ClN2O4S. The van der Waals surface area contributed by atoms with Crippen molar-refractivity contribution in [3.63, 3.8) is 0 Å². The standard InChI is InChI=1S/C22H23ClN2O4S/c1-4-28-18-11-14(20-19(21(26)27-3)13(2)24-22(30)25-20)9-10-17(18)29-12-15-7-5-6-8-16(15)23/h5-11,20H,4,12H2,1-3H3,(H2,24,25,30). The van der Waals surface area contributed by atoms with Crippen LogP contribution in [-0.4, -0.2) is 24.8 Å². The zero-order valence-corrected chi connectivity index (χ0v) is 18.5. The van der Waals surface area contributed by atoms with E-state index in [1.54, 1.807) is 6.92 Å². The van der Waals surface area contributed by atoms with Gasteiger partial charge in [0.1, 0.15) is 6.61 Å². The van der Waals surface area contributed by atoms with Crippen molar-refractivity contribution in [1.29, 1.82) is 0 Å². The molecule has 30 heavy (non-hydrogen) atoms. The van der Waals surface area contributed by atoms with Gasteiger partial charge in [-0.3, -0.25) is 0 Å². The first-order chi connectivity index (χ1) is 14.4.